The fraction of sp³-hybridized carbons (Fsp3) is 0. The van der Waals surface area contributed by atoms with Crippen LogP contribution in [0.1, 0.15) is 0 Å². The molecule has 0 fully saturated rings. The molecule has 0 amide bonds. The van der Waals surface area contributed by atoms with Crippen molar-refractivity contribution < 1.29 is 13.9 Å². The summed E-state index contributed by atoms with van der Waals surface area (Å²) in [5.74, 6) is 3.71. The third-order valence-electron chi connectivity index (χ3n) is 7.82. The number of fused-ring (bicyclic) bond motifs is 5. The molecule has 0 radical (unpaired) electrons. The number of rotatable bonds is 3. The zero-order valence-corrected chi connectivity index (χ0v) is 22.8. The summed E-state index contributed by atoms with van der Waals surface area (Å²) in [6.07, 6.45) is 0. The summed E-state index contributed by atoms with van der Waals surface area (Å²) in [5, 5.41) is 0. The van der Waals surface area contributed by atoms with Crippen LogP contribution in [-0.2, 0) is 0 Å². The highest BCUT2D eigenvalue weighted by molar-refractivity contribution is 5.93. The second kappa shape index (κ2) is 9.26. The van der Waals surface area contributed by atoms with Gasteiger partial charge in [-0.3, -0.25) is 0 Å². The summed E-state index contributed by atoms with van der Waals surface area (Å²) in [5.41, 5.74) is 8.09. The van der Waals surface area contributed by atoms with Gasteiger partial charge in [0, 0.05) is 16.9 Å². The van der Waals surface area contributed by atoms with E-state index in [2.05, 4.69) is 52.3 Å². The molecule has 204 valence electrons. The monoisotopic (exact) mass is 557 g/mol. The standard InChI is InChI=1S/C37H23N3O3/c1-6-16-32-27(11-1)38-37(43-32)24-21-25(39-28-12-2-7-17-33(28)41-34-18-8-3-13-29(34)39)23-26(22-24)40-30-14-4-9-19-35(30)42-36-20-10-5-15-31(36)40/h1-23H. The van der Waals surface area contributed by atoms with Crippen LogP contribution in [0.4, 0.5) is 34.1 Å². The molecule has 6 heteroatoms. The lowest BCUT2D eigenvalue weighted by molar-refractivity contribution is 0.477. The van der Waals surface area contributed by atoms with Gasteiger partial charge in [0.25, 0.3) is 0 Å². The van der Waals surface area contributed by atoms with Crippen LogP contribution in [0.2, 0.25) is 0 Å². The number of anilines is 6. The molecular weight excluding hydrogens is 534 g/mol. The highest BCUT2D eigenvalue weighted by atomic mass is 16.5. The molecule has 43 heavy (non-hydrogen) atoms. The van der Waals surface area contributed by atoms with Gasteiger partial charge in [-0.15, -0.1) is 0 Å². The maximum atomic E-state index is 6.32. The van der Waals surface area contributed by atoms with Gasteiger partial charge in [0.1, 0.15) is 5.52 Å². The average molecular weight is 558 g/mol. The lowest BCUT2D eigenvalue weighted by atomic mass is 10.1. The molecule has 0 unspecified atom stereocenters. The van der Waals surface area contributed by atoms with E-state index in [1.54, 1.807) is 0 Å². The van der Waals surface area contributed by atoms with Crippen molar-refractivity contribution in [3.63, 3.8) is 0 Å². The van der Waals surface area contributed by atoms with E-state index in [0.717, 1.165) is 73.8 Å². The number of aromatic nitrogens is 1. The Bertz CT molecular complexity index is 1950. The molecule has 0 bridgehead atoms. The zero-order chi connectivity index (χ0) is 28.3. The Labute approximate surface area is 247 Å². The number of hydrogen-bond donors (Lipinski definition) is 0. The van der Waals surface area contributed by atoms with Crippen LogP contribution in [0.25, 0.3) is 22.6 Å². The van der Waals surface area contributed by atoms with Gasteiger partial charge in [-0.1, -0.05) is 60.7 Å². The minimum atomic E-state index is 0.550. The Balaban J connectivity index is 1.32. The second-order valence-corrected chi connectivity index (χ2v) is 10.5. The van der Waals surface area contributed by atoms with E-state index in [0.29, 0.717) is 5.89 Å². The second-order valence-electron chi connectivity index (χ2n) is 10.5. The predicted octanol–water partition coefficient (Wildman–Crippen LogP) is 10.6. The SMILES string of the molecule is c1ccc2c(c1)Oc1ccccc1N2c1cc(-c2nc3ccccc3o2)cc(N2c3ccccc3Oc3ccccc32)c1. The fourth-order valence-corrected chi connectivity index (χ4v) is 5.94. The van der Waals surface area contributed by atoms with Gasteiger partial charge in [0.05, 0.1) is 22.7 Å². The highest BCUT2D eigenvalue weighted by Gasteiger charge is 2.30. The Morgan fingerprint density at radius 1 is 0.442 bits per heavy atom. The van der Waals surface area contributed by atoms with Gasteiger partial charge in [0.2, 0.25) is 5.89 Å². The van der Waals surface area contributed by atoms with Crippen molar-refractivity contribution in [2.24, 2.45) is 0 Å². The summed E-state index contributed by atoms with van der Waals surface area (Å²) in [6.45, 7) is 0. The first-order valence-corrected chi connectivity index (χ1v) is 14.1. The van der Waals surface area contributed by atoms with Gasteiger partial charge in [-0.05, 0) is 78.9 Å². The molecule has 0 atom stereocenters. The quantitative estimate of drug-likeness (QED) is 0.215. The Morgan fingerprint density at radius 2 is 0.860 bits per heavy atom. The largest absolute Gasteiger partial charge is 0.453 e. The van der Waals surface area contributed by atoms with Gasteiger partial charge in [-0.25, -0.2) is 4.98 Å². The van der Waals surface area contributed by atoms with Crippen LogP contribution < -0.4 is 19.3 Å². The molecule has 3 heterocycles. The molecular formula is C37H23N3O3. The van der Waals surface area contributed by atoms with Gasteiger partial charge in [0.15, 0.2) is 28.6 Å². The molecule has 6 nitrogen and oxygen atoms in total. The first-order valence-electron chi connectivity index (χ1n) is 14.1. The highest BCUT2D eigenvalue weighted by Crippen LogP contribution is 2.54. The van der Waals surface area contributed by atoms with Crippen molar-refractivity contribution in [2.75, 3.05) is 9.80 Å². The average Bonchev–Trinajstić information content (AvgIpc) is 3.50. The van der Waals surface area contributed by atoms with Crippen molar-refractivity contribution in [3.8, 4) is 34.5 Å². The maximum absolute atomic E-state index is 6.32. The van der Waals surface area contributed by atoms with Crippen molar-refractivity contribution in [1.29, 1.82) is 0 Å². The van der Waals surface area contributed by atoms with Gasteiger partial charge >= 0.3 is 0 Å². The molecule has 2 aliphatic rings. The van der Waals surface area contributed by atoms with E-state index in [4.69, 9.17) is 18.9 Å². The summed E-state index contributed by atoms with van der Waals surface area (Å²) >= 11 is 0. The van der Waals surface area contributed by atoms with Crippen molar-refractivity contribution in [1.82, 2.24) is 4.98 Å². The molecule has 0 N–H and O–H groups in total. The number of nitrogens with zero attached hydrogens (tertiary/aromatic N) is 3. The van der Waals surface area contributed by atoms with Crippen LogP contribution in [0, 0.1) is 0 Å². The van der Waals surface area contributed by atoms with Gasteiger partial charge < -0.3 is 23.7 Å². The maximum Gasteiger partial charge on any atom is 0.227 e. The van der Waals surface area contributed by atoms with Crippen LogP contribution in [-0.4, -0.2) is 4.98 Å². The van der Waals surface area contributed by atoms with E-state index in [-0.39, 0.29) is 0 Å². The number of oxazole rings is 1. The van der Waals surface area contributed by atoms with Gasteiger partial charge in [-0.2, -0.15) is 0 Å². The molecule has 0 spiro atoms. The Morgan fingerprint density at radius 3 is 1.33 bits per heavy atom. The first-order chi connectivity index (χ1) is 21.3. The normalized spacial score (nSPS) is 12.9. The molecule has 2 aliphatic heterocycles. The lowest BCUT2D eigenvalue weighted by Gasteiger charge is -2.35. The topological polar surface area (TPSA) is 51.0 Å². The molecule has 6 aromatic carbocycles. The predicted molar refractivity (Wildman–Crippen MR) is 169 cm³/mol. The van der Waals surface area contributed by atoms with E-state index in [1.165, 1.54) is 0 Å². The Hall–Kier alpha value is -6.01. The smallest absolute Gasteiger partial charge is 0.227 e. The van der Waals surface area contributed by atoms with E-state index in [1.807, 2.05) is 97.1 Å². The van der Waals surface area contributed by atoms with Crippen molar-refractivity contribution >= 4 is 45.2 Å². The number of ether oxygens (including phenoxy) is 2. The minimum absolute atomic E-state index is 0.550. The third-order valence-corrected chi connectivity index (χ3v) is 7.82. The number of para-hydroxylation sites is 10. The molecule has 0 saturated heterocycles. The molecule has 7 aromatic rings. The zero-order valence-electron chi connectivity index (χ0n) is 22.8. The van der Waals surface area contributed by atoms with Crippen molar-refractivity contribution in [2.45, 2.75) is 0 Å². The summed E-state index contributed by atoms with van der Waals surface area (Å²) in [6, 6.07) is 46.7. The fourth-order valence-electron chi connectivity index (χ4n) is 5.94. The minimum Gasteiger partial charge on any atom is -0.453 e. The number of hydrogen-bond acceptors (Lipinski definition) is 6. The van der Waals surface area contributed by atoms with E-state index < -0.39 is 0 Å². The van der Waals surface area contributed by atoms with Crippen LogP contribution in [0.15, 0.2) is 144 Å². The summed E-state index contributed by atoms with van der Waals surface area (Å²) in [7, 11) is 0. The van der Waals surface area contributed by atoms with E-state index in [9.17, 15) is 0 Å². The van der Waals surface area contributed by atoms with Crippen LogP contribution in [0.3, 0.4) is 0 Å². The van der Waals surface area contributed by atoms with Crippen LogP contribution in [0.5, 0.6) is 23.0 Å². The summed E-state index contributed by atoms with van der Waals surface area (Å²) in [4.78, 5) is 9.36. The number of benzene rings is 6. The van der Waals surface area contributed by atoms with E-state index >= 15 is 0 Å². The first kappa shape index (κ1) is 23.7. The third kappa shape index (κ3) is 3.77. The van der Waals surface area contributed by atoms with Crippen molar-refractivity contribution in [3.05, 3.63) is 140 Å². The Kier molecular flexibility index (Phi) is 5.10. The lowest BCUT2D eigenvalue weighted by Crippen LogP contribution is -2.18. The molecule has 1 aromatic heterocycles. The molecule has 9 rings (SSSR count). The molecule has 0 saturated carbocycles. The summed E-state index contributed by atoms with van der Waals surface area (Å²) < 4.78 is 19.0. The molecule has 0 aliphatic carbocycles. The van der Waals surface area contributed by atoms with Crippen LogP contribution >= 0.6 is 0 Å².